The van der Waals surface area contributed by atoms with Crippen LogP contribution < -0.4 is 11.5 Å². The van der Waals surface area contributed by atoms with Crippen LogP contribution >= 0.6 is 24.4 Å². The molecule has 40 heteroatoms. The van der Waals surface area contributed by atoms with Gasteiger partial charge in [-0.1, -0.05) is 10.1 Å². The third-order valence-corrected chi connectivity index (χ3v) is 15.2. The van der Waals surface area contributed by atoms with E-state index in [1.54, 1.807) is 0 Å². The lowest BCUT2D eigenvalue weighted by Crippen LogP contribution is -2.16. The van der Waals surface area contributed by atoms with E-state index in [9.17, 15) is 64.2 Å². The molecule has 0 saturated carbocycles. The zero-order chi connectivity index (χ0) is 50.9. The molecule has 0 unspecified atom stereocenters. The van der Waals surface area contributed by atoms with Gasteiger partial charge in [0.2, 0.25) is 0 Å². The van der Waals surface area contributed by atoms with E-state index in [2.05, 4.69) is 53.6 Å². The number of rotatable bonds is 24. The molecule has 0 spiro atoms. The second kappa shape index (κ2) is 22.7. The molecule has 0 amide bonds. The van der Waals surface area contributed by atoms with Crippen molar-refractivity contribution < 1.29 is 106 Å². The first-order valence-corrected chi connectivity index (χ1v) is 27.2. The van der Waals surface area contributed by atoms with E-state index in [-0.39, 0.29) is 17.2 Å². The van der Waals surface area contributed by atoms with E-state index in [1.165, 1.54) is 0 Å². The molecule has 10 N–H and O–H groups in total. The van der Waals surface area contributed by atoms with E-state index in [1.807, 2.05) is 0 Å². The number of anilines is 2. The second-order valence-electron chi connectivity index (χ2n) is 12.2. The summed E-state index contributed by atoms with van der Waals surface area (Å²) in [6, 6.07) is 7.65. The van der Waals surface area contributed by atoms with Crippen molar-refractivity contribution in [1.82, 2.24) is 0 Å². The van der Waals surface area contributed by atoms with Crippen LogP contribution in [0.2, 0.25) is 0 Å². The molecular weight excluding hydrogens is 1090 g/mol. The molecule has 0 saturated heterocycles. The molecule has 0 aromatic heterocycles. The molecule has 0 fully saturated rings. The number of sulfone groups is 2. The summed E-state index contributed by atoms with van der Waals surface area (Å²) in [5.74, 6) is -1.94. The quantitative estimate of drug-likeness (QED) is 0.00901. The zero-order valence-electron chi connectivity index (χ0n) is 32.7. The van der Waals surface area contributed by atoms with Gasteiger partial charge in [-0.05, 0) is 60.7 Å². The Labute approximate surface area is 391 Å². The van der Waals surface area contributed by atoms with E-state index < -0.39 is 155 Å². The molecule has 0 atom stereocenters. The van der Waals surface area contributed by atoms with E-state index in [0.717, 1.165) is 42.5 Å². The van der Waals surface area contributed by atoms with Gasteiger partial charge < -0.3 is 11.5 Å². The van der Waals surface area contributed by atoms with Gasteiger partial charge in [0.15, 0.2) is 32.0 Å². The summed E-state index contributed by atoms with van der Waals surface area (Å²) in [5, 5.41) is 46.0. The number of hydrogen-bond acceptors (Lipinski definition) is 30. The van der Waals surface area contributed by atoms with E-state index >= 15 is 0 Å². The average Bonchev–Trinajstić information content (AvgIpc) is 3.23. The fourth-order valence-corrected chi connectivity index (χ4v) is 10.2. The lowest BCUT2D eigenvalue weighted by atomic mass is 10.2. The van der Waals surface area contributed by atoms with Crippen LogP contribution in [-0.4, -0.2) is 104 Å². The summed E-state index contributed by atoms with van der Waals surface area (Å²) in [6.45, 7) is -1.71. The number of benzene rings is 4. The first kappa shape index (κ1) is 55.8. The highest BCUT2D eigenvalue weighted by molar-refractivity contribution is 7.94. The predicted molar refractivity (Wildman–Crippen MR) is 227 cm³/mol. The Morgan fingerprint density at radius 2 is 0.956 bits per heavy atom. The summed E-state index contributed by atoms with van der Waals surface area (Å²) in [6.07, 6.45) is 0. The maximum absolute atomic E-state index is 12.9. The van der Waals surface area contributed by atoms with Gasteiger partial charge in [-0.25, -0.2) is 31.5 Å². The summed E-state index contributed by atoms with van der Waals surface area (Å²) < 4.78 is 203. The van der Waals surface area contributed by atoms with E-state index in [0.29, 0.717) is 30.2 Å². The van der Waals surface area contributed by atoms with Crippen molar-refractivity contribution >= 4 is 130 Å². The Morgan fingerprint density at radius 3 is 1.43 bits per heavy atom. The first-order valence-electron chi connectivity index (χ1n) is 16.8. The molecule has 0 aliphatic heterocycles. The largest absolute Gasteiger partial charge is 0.397 e. The minimum absolute atomic E-state index is 0.0157. The zero-order valence-corrected chi connectivity index (χ0v) is 39.3. The minimum atomic E-state index is -5.39. The molecule has 0 radical (unpaired) electrons. The number of azo groups is 3. The smallest absolute Gasteiger partial charge is 0.395 e. The highest BCUT2D eigenvalue weighted by Gasteiger charge is 2.26. The van der Waals surface area contributed by atoms with Crippen LogP contribution in [0.5, 0.6) is 0 Å². The van der Waals surface area contributed by atoms with Crippen LogP contribution in [0.1, 0.15) is 0 Å². The summed E-state index contributed by atoms with van der Waals surface area (Å²) in [7, 11) is -29.8. The number of nitrogens with zero attached hydrogens (tertiary/aromatic N) is 6. The second-order valence-corrected chi connectivity index (χ2v) is 22.9. The third kappa shape index (κ3) is 15.6. The van der Waals surface area contributed by atoms with Gasteiger partial charge in [0.05, 0.1) is 57.9 Å². The highest BCUT2D eigenvalue weighted by atomic mass is 32.3. The Hall–Kier alpha value is -4.80. The van der Waals surface area contributed by atoms with Crippen molar-refractivity contribution in [3.8, 4) is 0 Å². The number of hydrogen-bond donors (Lipinski definition) is 8. The first-order chi connectivity index (χ1) is 31.5. The van der Waals surface area contributed by atoms with Crippen LogP contribution in [0, 0.1) is 0 Å². The van der Waals surface area contributed by atoms with Crippen molar-refractivity contribution in [3.63, 3.8) is 0 Å². The third-order valence-electron chi connectivity index (χ3n) is 7.76. The molecule has 4 aromatic rings. The molecule has 68 heavy (non-hydrogen) atoms. The van der Waals surface area contributed by atoms with Crippen LogP contribution in [0.15, 0.2) is 121 Å². The van der Waals surface area contributed by atoms with Crippen LogP contribution in [0.3, 0.4) is 0 Å². The van der Waals surface area contributed by atoms with Crippen LogP contribution in [0.4, 0.5) is 45.5 Å². The van der Waals surface area contributed by atoms with Gasteiger partial charge in [0.25, 0.3) is 30.4 Å². The standard InChI is InChI=1S/C28H28N8O24S8/c29-26-21(34-31-18-4-2-16(12-24(18)66(46,47)48)63(39,40)9-7-55-62-60-58-38)14-22(35-33-20-11-15(61-59-57-37)1-6-23(20)65(43,44)45)27(30)28(26)36-32-19-5-3-17(13-25(19)67(49,50)51)64(41,42)10-8-56-68(52,53)54/h1-6,11-14,37-38H,7-10,29-30H2,(H,43,44,45)(H,46,47,48)(H,49,50,51)(H,52,53,54)/b34-31+,35-33+,36-32+. The lowest BCUT2D eigenvalue weighted by Gasteiger charge is -2.11. The Kier molecular flexibility index (Phi) is 18.7. The highest BCUT2D eigenvalue weighted by Crippen LogP contribution is 2.46. The molecule has 372 valence electrons. The van der Waals surface area contributed by atoms with Crippen molar-refractivity contribution in [2.45, 2.75) is 29.4 Å². The molecule has 4 rings (SSSR count). The van der Waals surface area contributed by atoms with Crippen LogP contribution in [-0.2, 0) is 87.5 Å². The van der Waals surface area contributed by atoms with E-state index in [4.69, 9.17) is 30.7 Å². The molecule has 0 bridgehead atoms. The Morgan fingerprint density at radius 1 is 0.500 bits per heavy atom. The summed E-state index contributed by atoms with van der Waals surface area (Å²) in [4.78, 5) is -4.76. The average molecular weight is 1120 g/mol. The molecule has 0 aliphatic carbocycles. The Balaban J connectivity index is 1.93. The molecule has 0 heterocycles. The SMILES string of the molecule is Nc1c(/N=N/c2cc(SOOO)ccc2S(=O)(=O)O)cc(/N=N/c2ccc(S(=O)(=O)CCOSOOO)cc2S(=O)(=O)O)c(N)c1/N=N/c1ccc(S(=O)(=O)CCOS(=O)(=O)O)cc1S(=O)(=O)O. The fraction of sp³-hybridized carbons (Fsp3) is 0.143. The monoisotopic (exact) mass is 1120 g/mol. The van der Waals surface area contributed by atoms with Gasteiger partial charge >= 0.3 is 10.4 Å². The lowest BCUT2D eigenvalue weighted by molar-refractivity contribution is -0.434. The normalized spacial score (nSPS) is 13.3. The minimum Gasteiger partial charge on any atom is -0.395 e. The predicted octanol–water partition coefficient (Wildman–Crippen LogP) is 4.63. The van der Waals surface area contributed by atoms with Crippen molar-refractivity contribution in [2.24, 2.45) is 30.7 Å². The van der Waals surface area contributed by atoms with Gasteiger partial charge in [-0.2, -0.15) is 33.7 Å². The van der Waals surface area contributed by atoms with Crippen LogP contribution in [0.25, 0.3) is 0 Å². The summed E-state index contributed by atoms with van der Waals surface area (Å²) >= 11 is 0.369. The number of nitrogen functional groups attached to an aromatic ring is 2. The van der Waals surface area contributed by atoms with Gasteiger partial charge in [-0.15, -0.1) is 39.4 Å². The van der Waals surface area contributed by atoms with Gasteiger partial charge in [0.1, 0.15) is 48.8 Å². The maximum Gasteiger partial charge on any atom is 0.397 e. The van der Waals surface area contributed by atoms with Crippen molar-refractivity contribution in [2.75, 3.05) is 36.2 Å². The number of nitrogens with two attached hydrogens (primary N) is 2. The molecular formula is C28H28N8O24S8. The Bertz CT molecular complexity index is 3340. The van der Waals surface area contributed by atoms with Gasteiger partial charge in [0, 0.05) is 4.90 Å². The van der Waals surface area contributed by atoms with Gasteiger partial charge in [-0.3, -0.25) is 22.4 Å². The van der Waals surface area contributed by atoms with Crippen molar-refractivity contribution in [3.05, 3.63) is 60.7 Å². The topological polar surface area (TPSA) is 508 Å². The molecule has 32 nitrogen and oxygen atoms in total. The molecule has 0 aliphatic rings. The molecule has 4 aromatic carbocycles. The van der Waals surface area contributed by atoms with Crippen molar-refractivity contribution in [1.29, 1.82) is 0 Å². The maximum atomic E-state index is 12.9. The summed E-state index contributed by atoms with van der Waals surface area (Å²) in [5.41, 5.74) is 7.10. The fourth-order valence-electron chi connectivity index (χ4n) is 4.81.